The lowest BCUT2D eigenvalue weighted by Gasteiger charge is -2.07. The van der Waals surface area contributed by atoms with Crippen LogP contribution in [0.3, 0.4) is 0 Å². The molecule has 142 valence electrons. The van der Waals surface area contributed by atoms with Crippen molar-refractivity contribution in [2.75, 3.05) is 0 Å². The number of alkyl halides is 3. The predicted molar refractivity (Wildman–Crippen MR) is 94.7 cm³/mol. The SMILES string of the molecule is Cc1nc2nc[nH]n2c(=O)c1N=Cc1ccc(-c2cccc(C(F)(F)F)c2)o1. The lowest BCUT2D eigenvalue weighted by atomic mass is 10.1. The van der Waals surface area contributed by atoms with E-state index in [0.717, 1.165) is 16.6 Å². The highest BCUT2D eigenvalue weighted by atomic mass is 19.4. The Morgan fingerprint density at radius 1 is 1.25 bits per heavy atom. The molecule has 0 saturated heterocycles. The number of hydrogen-bond donors (Lipinski definition) is 1. The lowest BCUT2D eigenvalue weighted by Crippen LogP contribution is -2.16. The molecule has 0 unspecified atom stereocenters. The van der Waals surface area contributed by atoms with E-state index in [-0.39, 0.29) is 28.5 Å². The summed E-state index contributed by atoms with van der Waals surface area (Å²) < 4.78 is 45.3. The minimum absolute atomic E-state index is 0.0961. The van der Waals surface area contributed by atoms with Gasteiger partial charge in [-0.05, 0) is 31.2 Å². The molecule has 0 atom stereocenters. The van der Waals surface area contributed by atoms with Crippen LogP contribution in [0.4, 0.5) is 18.9 Å². The quantitative estimate of drug-likeness (QED) is 0.542. The van der Waals surface area contributed by atoms with Crippen LogP contribution < -0.4 is 5.56 Å². The first-order valence-electron chi connectivity index (χ1n) is 8.07. The van der Waals surface area contributed by atoms with Crippen LogP contribution in [-0.4, -0.2) is 25.8 Å². The predicted octanol–water partition coefficient (Wildman–Crippen LogP) is 3.76. The summed E-state index contributed by atoms with van der Waals surface area (Å²) in [5, 5.41) is 2.64. The Hall–Kier alpha value is -3.69. The van der Waals surface area contributed by atoms with Crippen LogP contribution in [0.25, 0.3) is 17.1 Å². The van der Waals surface area contributed by atoms with Crippen LogP contribution in [0.1, 0.15) is 17.0 Å². The van der Waals surface area contributed by atoms with Crippen LogP contribution in [0.15, 0.2) is 56.9 Å². The Kier molecular flexibility index (Phi) is 4.10. The van der Waals surface area contributed by atoms with Crippen LogP contribution in [0, 0.1) is 6.92 Å². The number of rotatable bonds is 3. The fourth-order valence-corrected chi connectivity index (χ4v) is 2.65. The number of halogens is 3. The Labute approximate surface area is 155 Å². The van der Waals surface area contributed by atoms with E-state index < -0.39 is 17.3 Å². The van der Waals surface area contributed by atoms with Gasteiger partial charge in [-0.3, -0.25) is 9.89 Å². The number of fused-ring (bicyclic) bond motifs is 1. The van der Waals surface area contributed by atoms with Gasteiger partial charge in [-0.2, -0.15) is 17.7 Å². The molecule has 0 aliphatic rings. The third-order valence-electron chi connectivity index (χ3n) is 4.01. The molecule has 0 bridgehead atoms. The van der Waals surface area contributed by atoms with Crippen LogP contribution in [0.2, 0.25) is 0 Å². The molecule has 28 heavy (non-hydrogen) atoms. The first kappa shape index (κ1) is 17.7. The number of aryl methyl sites for hydroxylation is 1. The highest BCUT2D eigenvalue weighted by molar-refractivity contribution is 5.80. The maximum atomic E-state index is 12.9. The van der Waals surface area contributed by atoms with E-state index in [4.69, 9.17) is 4.42 Å². The molecule has 0 spiro atoms. The summed E-state index contributed by atoms with van der Waals surface area (Å²) in [6.45, 7) is 1.62. The van der Waals surface area contributed by atoms with Crippen molar-refractivity contribution in [2.24, 2.45) is 4.99 Å². The smallest absolute Gasteiger partial charge is 0.416 e. The number of hydrogen-bond acceptors (Lipinski definition) is 5. The molecule has 7 nitrogen and oxygen atoms in total. The molecule has 1 aromatic carbocycles. The van der Waals surface area contributed by atoms with Crippen molar-refractivity contribution in [1.29, 1.82) is 0 Å². The molecule has 4 aromatic rings. The van der Waals surface area contributed by atoms with Gasteiger partial charge in [0.25, 0.3) is 11.3 Å². The summed E-state index contributed by atoms with van der Waals surface area (Å²) in [6.07, 6.45) is -1.79. The number of aromatic amines is 1. The molecular weight excluding hydrogens is 375 g/mol. The van der Waals surface area contributed by atoms with Crippen molar-refractivity contribution in [2.45, 2.75) is 13.1 Å². The van der Waals surface area contributed by atoms with E-state index in [1.165, 1.54) is 30.7 Å². The van der Waals surface area contributed by atoms with Gasteiger partial charge in [0.2, 0.25) is 0 Å². The number of furan rings is 1. The van der Waals surface area contributed by atoms with Crippen molar-refractivity contribution in [3.05, 3.63) is 70.1 Å². The molecular formula is C18H12F3N5O2. The van der Waals surface area contributed by atoms with Crippen molar-refractivity contribution in [3.8, 4) is 11.3 Å². The zero-order chi connectivity index (χ0) is 19.9. The number of aromatic nitrogens is 4. The number of nitrogens with zero attached hydrogens (tertiary/aromatic N) is 4. The molecule has 4 rings (SSSR count). The largest absolute Gasteiger partial charge is 0.455 e. The maximum absolute atomic E-state index is 12.9. The molecule has 0 fully saturated rings. The molecule has 0 amide bonds. The second-order valence-electron chi connectivity index (χ2n) is 5.91. The zero-order valence-corrected chi connectivity index (χ0v) is 14.4. The molecule has 0 radical (unpaired) electrons. The van der Waals surface area contributed by atoms with E-state index in [1.807, 2.05) is 0 Å². The Morgan fingerprint density at radius 3 is 2.86 bits per heavy atom. The monoisotopic (exact) mass is 387 g/mol. The Morgan fingerprint density at radius 2 is 2.07 bits per heavy atom. The van der Waals surface area contributed by atoms with Crippen LogP contribution >= 0.6 is 0 Å². The minimum atomic E-state index is -4.44. The molecule has 3 aromatic heterocycles. The molecule has 1 N–H and O–H groups in total. The van der Waals surface area contributed by atoms with E-state index in [2.05, 4.69) is 20.1 Å². The molecule has 0 aliphatic carbocycles. The first-order chi connectivity index (χ1) is 13.3. The second kappa shape index (κ2) is 6.48. The average molecular weight is 387 g/mol. The summed E-state index contributed by atoms with van der Waals surface area (Å²) >= 11 is 0. The Bertz CT molecular complexity index is 1250. The fourth-order valence-electron chi connectivity index (χ4n) is 2.65. The molecule has 0 saturated carbocycles. The topological polar surface area (TPSA) is 88.5 Å². The van der Waals surface area contributed by atoms with E-state index in [1.54, 1.807) is 13.0 Å². The summed E-state index contributed by atoms with van der Waals surface area (Å²) in [4.78, 5) is 24.6. The highest BCUT2D eigenvalue weighted by Gasteiger charge is 2.30. The molecule has 3 heterocycles. The van der Waals surface area contributed by atoms with Crippen molar-refractivity contribution in [3.63, 3.8) is 0 Å². The van der Waals surface area contributed by atoms with Gasteiger partial charge in [-0.1, -0.05) is 12.1 Å². The summed E-state index contributed by atoms with van der Waals surface area (Å²) in [6, 6.07) is 7.91. The third kappa shape index (κ3) is 3.20. The molecule has 10 heteroatoms. The van der Waals surface area contributed by atoms with Crippen molar-refractivity contribution < 1.29 is 17.6 Å². The fraction of sp³-hybridized carbons (Fsp3) is 0.111. The first-order valence-corrected chi connectivity index (χ1v) is 8.07. The van der Waals surface area contributed by atoms with Gasteiger partial charge in [-0.25, -0.2) is 15.0 Å². The second-order valence-corrected chi connectivity index (χ2v) is 5.91. The normalized spacial score (nSPS) is 12.3. The van der Waals surface area contributed by atoms with E-state index >= 15 is 0 Å². The summed E-state index contributed by atoms with van der Waals surface area (Å²) in [7, 11) is 0. The van der Waals surface area contributed by atoms with E-state index in [0.29, 0.717) is 5.69 Å². The van der Waals surface area contributed by atoms with E-state index in [9.17, 15) is 18.0 Å². The number of benzene rings is 1. The van der Waals surface area contributed by atoms with Crippen molar-refractivity contribution >= 4 is 17.7 Å². The van der Waals surface area contributed by atoms with Gasteiger partial charge in [0.15, 0.2) is 5.69 Å². The van der Waals surface area contributed by atoms with Gasteiger partial charge >= 0.3 is 6.18 Å². The van der Waals surface area contributed by atoms with Crippen molar-refractivity contribution in [1.82, 2.24) is 19.6 Å². The third-order valence-corrected chi connectivity index (χ3v) is 4.01. The van der Waals surface area contributed by atoms with Gasteiger partial charge in [-0.15, -0.1) is 0 Å². The van der Waals surface area contributed by atoms with Crippen LogP contribution in [0.5, 0.6) is 0 Å². The van der Waals surface area contributed by atoms with Gasteiger partial charge in [0, 0.05) is 5.56 Å². The van der Waals surface area contributed by atoms with Gasteiger partial charge in [0.05, 0.1) is 17.5 Å². The average Bonchev–Trinajstić information content (AvgIpc) is 3.30. The van der Waals surface area contributed by atoms with Crippen LogP contribution in [-0.2, 0) is 6.18 Å². The molecule has 0 aliphatic heterocycles. The number of nitrogens with one attached hydrogen (secondary N) is 1. The highest BCUT2D eigenvalue weighted by Crippen LogP contribution is 2.32. The lowest BCUT2D eigenvalue weighted by molar-refractivity contribution is -0.137. The number of aliphatic imine (C=N–C) groups is 1. The maximum Gasteiger partial charge on any atom is 0.416 e. The van der Waals surface area contributed by atoms with Gasteiger partial charge < -0.3 is 4.42 Å². The summed E-state index contributed by atoms with van der Waals surface area (Å²) in [5.41, 5.74) is -0.428. The standard InChI is InChI=1S/C18H12F3N5O2/c1-10-15(16(27)26-17(25-10)23-9-24-26)22-8-13-5-6-14(28-13)11-3-2-4-12(7-11)18(19,20)21/h2-9H,1H3,(H,23,24,25). The number of H-pyrrole nitrogens is 1. The zero-order valence-electron chi connectivity index (χ0n) is 14.4. The minimum Gasteiger partial charge on any atom is -0.455 e. The van der Waals surface area contributed by atoms with Gasteiger partial charge in [0.1, 0.15) is 17.8 Å². The Balaban J connectivity index is 1.65. The summed E-state index contributed by atoms with van der Waals surface area (Å²) in [5.74, 6) is 0.760.